The van der Waals surface area contributed by atoms with Crippen molar-refractivity contribution < 1.29 is 27.8 Å². The minimum absolute atomic E-state index is 0.0816. The zero-order chi connectivity index (χ0) is 24.3. The molecule has 0 aliphatic rings. The van der Waals surface area contributed by atoms with Gasteiger partial charge < -0.3 is 4.74 Å². The van der Waals surface area contributed by atoms with Gasteiger partial charge in [0.2, 0.25) is 5.75 Å². The second kappa shape index (κ2) is 9.43. The molecule has 3 aromatic rings. The van der Waals surface area contributed by atoms with Gasteiger partial charge in [0.1, 0.15) is 0 Å². The van der Waals surface area contributed by atoms with Crippen molar-refractivity contribution in [2.75, 3.05) is 0 Å². The average Bonchev–Trinajstić information content (AvgIpc) is 2.73. The fraction of sp³-hybridized carbons (Fsp3) is 0.0500. The quantitative estimate of drug-likeness (QED) is 0.200. The SMILES string of the molecule is O=[N+]([O-])c1ccc(N=Cc2cc(Cl)cc(Cl)c2Oc2ccc(C(F)(F)F)cc2[N+](=O)[O-])cc1. The maximum Gasteiger partial charge on any atom is 0.416 e. The largest absolute Gasteiger partial charge is 0.448 e. The van der Waals surface area contributed by atoms with Gasteiger partial charge in [0.05, 0.1) is 26.1 Å². The Labute approximate surface area is 193 Å². The Morgan fingerprint density at radius 1 is 0.939 bits per heavy atom. The minimum atomic E-state index is -4.79. The lowest BCUT2D eigenvalue weighted by Gasteiger charge is -2.13. The number of benzene rings is 3. The van der Waals surface area contributed by atoms with E-state index in [4.69, 9.17) is 27.9 Å². The van der Waals surface area contributed by atoms with Gasteiger partial charge in [-0.15, -0.1) is 0 Å². The van der Waals surface area contributed by atoms with E-state index in [9.17, 15) is 33.4 Å². The lowest BCUT2D eigenvalue weighted by Crippen LogP contribution is -2.06. The Morgan fingerprint density at radius 2 is 1.61 bits per heavy atom. The van der Waals surface area contributed by atoms with Gasteiger partial charge in [-0.1, -0.05) is 23.2 Å². The van der Waals surface area contributed by atoms with Crippen LogP contribution in [0.2, 0.25) is 10.0 Å². The van der Waals surface area contributed by atoms with Gasteiger partial charge in [-0.3, -0.25) is 25.2 Å². The average molecular weight is 500 g/mol. The summed E-state index contributed by atoms with van der Waals surface area (Å²) in [6.45, 7) is 0. The van der Waals surface area contributed by atoms with Crippen molar-refractivity contribution in [3.63, 3.8) is 0 Å². The lowest BCUT2D eigenvalue weighted by molar-refractivity contribution is -0.385. The number of hydrogen-bond donors (Lipinski definition) is 0. The van der Waals surface area contributed by atoms with E-state index >= 15 is 0 Å². The first kappa shape index (κ1) is 24.0. The molecule has 0 bridgehead atoms. The van der Waals surface area contributed by atoms with Gasteiger partial charge >= 0.3 is 11.9 Å². The zero-order valence-corrected chi connectivity index (χ0v) is 17.6. The Bertz CT molecular complexity index is 1270. The van der Waals surface area contributed by atoms with E-state index in [0.29, 0.717) is 17.8 Å². The van der Waals surface area contributed by atoms with Crippen molar-refractivity contribution >= 4 is 46.5 Å². The Kier molecular flexibility index (Phi) is 6.84. The van der Waals surface area contributed by atoms with Crippen LogP contribution in [0.3, 0.4) is 0 Å². The third kappa shape index (κ3) is 5.76. The van der Waals surface area contributed by atoms with Crippen LogP contribution in [-0.2, 0) is 6.18 Å². The smallest absolute Gasteiger partial charge is 0.416 e. The van der Waals surface area contributed by atoms with Crippen LogP contribution in [0.25, 0.3) is 0 Å². The Hall–Kier alpha value is -3.70. The monoisotopic (exact) mass is 499 g/mol. The van der Waals surface area contributed by atoms with Crippen LogP contribution in [-0.4, -0.2) is 16.1 Å². The Balaban J connectivity index is 2.01. The summed E-state index contributed by atoms with van der Waals surface area (Å²) in [5.41, 5.74) is -1.81. The molecular weight excluding hydrogens is 490 g/mol. The van der Waals surface area contributed by atoms with E-state index in [2.05, 4.69) is 4.99 Å². The number of nitro groups is 2. The summed E-state index contributed by atoms with van der Waals surface area (Å²) in [4.78, 5) is 24.6. The molecule has 0 unspecified atom stereocenters. The van der Waals surface area contributed by atoms with Gasteiger partial charge in [0.15, 0.2) is 5.75 Å². The maximum absolute atomic E-state index is 12.9. The first-order valence-electron chi connectivity index (χ1n) is 8.77. The summed E-state index contributed by atoms with van der Waals surface area (Å²) in [6, 6.07) is 9.67. The third-order valence-electron chi connectivity index (χ3n) is 4.15. The summed E-state index contributed by atoms with van der Waals surface area (Å²) in [5, 5.41) is 22.2. The normalized spacial score (nSPS) is 11.5. The number of hydrogen-bond acceptors (Lipinski definition) is 6. The minimum Gasteiger partial charge on any atom is -0.448 e. The van der Waals surface area contributed by atoms with Crippen molar-refractivity contribution in [1.29, 1.82) is 0 Å². The molecule has 0 saturated carbocycles. The van der Waals surface area contributed by atoms with Crippen LogP contribution < -0.4 is 4.74 Å². The molecule has 13 heteroatoms. The summed E-state index contributed by atoms with van der Waals surface area (Å²) in [5.74, 6) is -0.628. The molecular formula is C20H10Cl2F3N3O5. The molecule has 170 valence electrons. The molecule has 0 aliphatic carbocycles. The zero-order valence-electron chi connectivity index (χ0n) is 16.0. The summed E-state index contributed by atoms with van der Waals surface area (Å²) in [6.07, 6.45) is -3.55. The van der Waals surface area contributed by atoms with E-state index < -0.39 is 33.0 Å². The van der Waals surface area contributed by atoms with E-state index in [1.807, 2.05) is 0 Å². The summed E-state index contributed by atoms with van der Waals surface area (Å²) >= 11 is 12.2. The molecule has 33 heavy (non-hydrogen) atoms. The van der Waals surface area contributed by atoms with Crippen LogP contribution in [0.4, 0.5) is 30.2 Å². The van der Waals surface area contributed by atoms with Crippen LogP contribution in [0.15, 0.2) is 59.6 Å². The van der Waals surface area contributed by atoms with E-state index in [-0.39, 0.29) is 27.0 Å². The highest BCUT2D eigenvalue weighted by atomic mass is 35.5. The highest BCUT2D eigenvalue weighted by molar-refractivity contribution is 6.36. The number of halogens is 5. The molecule has 0 radical (unpaired) electrons. The van der Waals surface area contributed by atoms with E-state index in [0.717, 1.165) is 6.07 Å². The number of aliphatic imine (C=N–C) groups is 1. The number of nitrogens with zero attached hydrogens (tertiary/aromatic N) is 3. The van der Waals surface area contributed by atoms with Crippen LogP contribution in [0.5, 0.6) is 11.5 Å². The van der Waals surface area contributed by atoms with Crippen LogP contribution in [0, 0.1) is 20.2 Å². The summed E-state index contributed by atoms with van der Waals surface area (Å²) in [7, 11) is 0. The predicted octanol–water partition coefficient (Wildman–Crippen LogP) is 7.37. The van der Waals surface area contributed by atoms with Crippen molar-refractivity contribution in [3.8, 4) is 11.5 Å². The van der Waals surface area contributed by atoms with Gasteiger partial charge in [0, 0.05) is 35.0 Å². The molecule has 0 aromatic heterocycles. The lowest BCUT2D eigenvalue weighted by atomic mass is 10.1. The standard InChI is InChI=1S/C20H10Cl2F3N3O5/c21-13-7-11(10-26-14-2-4-15(5-3-14)27(29)30)19(16(22)9-13)33-18-6-1-12(20(23,24)25)8-17(18)28(31)32/h1-10H. The van der Waals surface area contributed by atoms with Crippen molar-refractivity contribution in [3.05, 3.63) is 96.0 Å². The molecule has 0 aliphatic heterocycles. The predicted molar refractivity (Wildman–Crippen MR) is 115 cm³/mol. The molecule has 3 aromatic carbocycles. The van der Waals surface area contributed by atoms with E-state index in [1.165, 1.54) is 42.6 Å². The topological polar surface area (TPSA) is 108 Å². The second-order valence-electron chi connectivity index (χ2n) is 6.38. The first-order valence-corrected chi connectivity index (χ1v) is 9.52. The van der Waals surface area contributed by atoms with Crippen LogP contribution in [0.1, 0.15) is 11.1 Å². The molecule has 8 nitrogen and oxygen atoms in total. The molecule has 0 spiro atoms. The van der Waals surface area contributed by atoms with Gasteiger partial charge in [-0.25, -0.2) is 0 Å². The van der Waals surface area contributed by atoms with Crippen molar-refractivity contribution in [2.24, 2.45) is 4.99 Å². The van der Waals surface area contributed by atoms with E-state index in [1.54, 1.807) is 0 Å². The molecule has 0 atom stereocenters. The van der Waals surface area contributed by atoms with Crippen molar-refractivity contribution in [1.82, 2.24) is 0 Å². The fourth-order valence-corrected chi connectivity index (χ4v) is 3.17. The van der Waals surface area contributed by atoms with Gasteiger partial charge in [-0.05, 0) is 36.4 Å². The molecule has 0 fully saturated rings. The molecule has 0 N–H and O–H groups in total. The highest BCUT2D eigenvalue weighted by Gasteiger charge is 2.33. The summed E-state index contributed by atoms with van der Waals surface area (Å²) < 4.78 is 44.3. The highest BCUT2D eigenvalue weighted by Crippen LogP contribution is 2.41. The number of rotatable bonds is 6. The molecule has 0 saturated heterocycles. The number of ether oxygens (including phenoxy) is 1. The molecule has 0 amide bonds. The van der Waals surface area contributed by atoms with Gasteiger partial charge in [-0.2, -0.15) is 13.2 Å². The maximum atomic E-state index is 12.9. The number of nitro benzene ring substituents is 2. The number of non-ortho nitro benzene ring substituents is 1. The third-order valence-corrected chi connectivity index (χ3v) is 4.64. The van der Waals surface area contributed by atoms with Gasteiger partial charge in [0.25, 0.3) is 5.69 Å². The number of alkyl halides is 3. The van der Waals surface area contributed by atoms with Crippen molar-refractivity contribution in [2.45, 2.75) is 6.18 Å². The molecule has 0 heterocycles. The first-order chi connectivity index (χ1) is 15.5. The van der Waals surface area contributed by atoms with Crippen LogP contribution >= 0.6 is 23.2 Å². The molecule has 3 rings (SSSR count). The Morgan fingerprint density at radius 3 is 2.18 bits per heavy atom. The second-order valence-corrected chi connectivity index (χ2v) is 7.22. The fourth-order valence-electron chi connectivity index (χ4n) is 2.62.